The summed E-state index contributed by atoms with van der Waals surface area (Å²) in [6.07, 6.45) is 0.500. The third kappa shape index (κ3) is 6.05. The van der Waals surface area contributed by atoms with E-state index in [0.29, 0.717) is 26.1 Å². The van der Waals surface area contributed by atoms with Crippen molar-refractivity contribution >= 4 is 11.6 Å². The second-order valence-electron chi connectivity index (χ2n) is 8.07. The van der Waals surface area contributed by atoms with Gasteiger partial charge in [0.2, 0.25) is 5.91 Å². The van der Waals surface area contributed by atoms with Gasteiger partial charge in [-0.25, -0.2) is 0 Å². The maximum absolute atomic E-state index is 13.0. The molecule has 0 fully saturated rings. The van der Waals surface area contributed by atoms with E-state index in [1.165, 1.54) is 5.56 Å². The Morgan fingerprint density at radius 2 is 1.62 bits per heavy atom. The molecule has 3 aromatic carbocycles. The van der Waals surface area contributed by atoms with Crippen molar-refractivity contribution in [3.8, 4) is 0 Å². The van der Waals surface area contributed by atoms with Crippen molar-refractivity contribution in [3.63, 3.8) is 0 Å². The number of hydrogen-bond donors (Lipinski definition) is 0. The molecule has 5 nitrogen and oxygen atoms in total. The molecule has 32 heavy (non-hydrogen) atoms. The van der Waals surface area contributed by atoms with Gasteiger partial charge in [0.25, 0.3) is 0 Å². The molecule has 1 atom stereocenters. The van der Waals surface area contributed by atoms with Crippen molar-refractivity contribution in [3.05, 3.63) is 107 Å². The van der Waals surface area contributed by atoms with Gasteiger partial charge < -0.3 is 14.5 Å². The predicted molar refractivity (Wildman–Crippen MR) is 125 cm³/mol. The van der Waals surface area contributed by atoms with Gasteiger partial charge >= 0.3 is 0 Å². The van der Waals surface area contributed by atoms with Crippen LogP contribution >= 0.6 is 0 Å². The summed E-state index contributed by atoms with van der Waals surface area (Å²) in [6.45, 7) is 3.47. The Bertz CT molecular complexity index is 1030. The Balaban J connectivity index is 1.37. The number of nitrogens with zero attached hydrogens (tertiary/aromatic N) is 2. The van der Waals surface area contributed by atoms with E-state index in [1.807, 2.05) is 60.7 Å². The fourth-order valence-corrected chi connectivity index (χ4v) is 3.67. The molecule has 1 amide bonds. The zero-order valence-electron chi connectivity index (χ0n) is 18.3. The van der Waals surface area contributed by atoms with E-state index in [9.17, 15) is 4.79 Å². The van der Waals surface area contributed by atoms with E-state index in [0.717, 1.165) is 22.4 Å². The van der Waals surface area contributed by atoms with Crippen LogP contribution in [0, 0.1) is 6.92 Å². The van der Waals surface area contributed by atoms with Crippen molar-refractivity contribution in [1.29, 1.82) is 0 Å². The second kappa shape index (κ2) is 10.7. The largest absolute Gasteiger partial charge is 0.390 e. The molecule has 0 bridgehead atoms. The lowest BCUT2D eigenvalue weighted by Gasteiger charge is -2.25. The van der Waals surface area contributed by atoms with Crippen molar-refractivity contribution in [2.45, 2.75) is 32.6 Å². The fourth-order valence-electron chi connectivity index (χ4n) is 3.67. The van der Waals surface area contributed by atoms with Crippen LogP contribution < -0.4 is 0 Å². The van der Waals surface area contributed by atoms with Crippen LogP contribution in [0.3, 0.4) is 0 Å². The number of aryl methyl sites for hydroxylation is 1. The predicted octanol–water partition coefficient (Wildman–Crippen LogP) is 4.73. The average molecular weight is 429 g/mol. The van der Waals surface area contributed by atoms with Crippen molar-refractivity contribution < 1.29 is 14.4 Å². The SMILES string of the molecule is Cc1ccc(C2=NOC(CN(Cc3ccccc3)C(=O)COCc3ccccc3)C2)cc1. The van der Waals surface area contributed by atoms with Crippen molar-refractivity contribution in [1.82, 2.24) is 4.90 Å². The minimum absolute atomic E-state index is 0.0279. The standard InChI is InChI=1S/C27H28N2O3/c1-21-12-14-24(15-13-21)26-16-25(32-28-26)18-29(17-22-8-4-2-5-9-22)27(30)20-31-19-23-10-6-3-7-11-23/h2-15,25H,16-20H2,1H3. The maximum atomic E-state index is 13.0. The zero-order chi connectivity index (χ0) is 22.2. The highest BCUT2D eigenvalue weighted by Crippen LogP contribution is 2.19. The van der Waals surface area contributed by atoms with Gasteiger partial charge in [-0.2, -0.15) is 0 Å². The van der Waals surface area contributed by atoms with E-state index in [1.54, 1.807) is 4.90 Å². The molecule has 1 heterocycles. The fraction of sp³-hybridized carbons (Fsp3) is 0.259. The van der Waals surface area contributed by atoms with E-state index < -0.39 is 0 Å². The third-order valence-corrected chi connectivity index (χ3v) is 5.45. The summed E-state index contributed by atoms with van der Waals surface area (Å²) >= 11 is 0. The lowest BCUT2D eigenvalue weighted by Crippen LogP contribution is -2.39. The Kier molecular flexibility index (Phi) is 7.31. The van der Waals surface area contributed by atoms with Gasteiger partial charge in [0.05, 0.1) is 18.9 Å². The van der Waals surface area contributed by atoms with Gasteiger partial charge in [0, 0.05) is 13.0 Å². The summed E-state index contributed by atoms with van der Waals surface area (Å²) in [5, 5.41) is 4.29. The lowest BCUT2D eigenvalue weighted by molar-refractivity contribution is -0.139. The summed E-state index contributed by atoms with van der Waals surface area (Å²) in [6, 6.07) is 28.1. The first-order valence-electron chi connectivity index (χ1n) is 10.9. The summed E-state index contributed by atoms with van der Waals surface area (Å²) in [5.74, 6) is -0.0582. The molecule has 4 rings (SSSR count). The first kappa shape index (κ1) is 21.8. The van der Waals surface area contributed by atoms with Gasteiger partial charge in [-0.15, -0.1) is 0 Å². The smallest absolute Gasteiger partial charge is 0.249 e. The number of carbonyl (C=O) groups excluding carboxylic acids is 1. The molecule has 0 saturated heterocycles. The van der Waals surface area contributed by atoms with Crippen LogP contribution in [-0.4, -0.2) is 35.8 Å². The molecular formula is C27H28N2O3. The van der Waals surface area contributed by atoms with E-state index >= 15 is 0 Å². The Labute approximate surface area is 189 Å². The number of oxime groups is 1. The van der Waals surface area contributed by atoms with Crippen LogP contribution in [0.4, 0.5) is 0 Å². The number of rotatable bonds is 9. The Morgan fingerprint density at radius 1 is 0.969 bits per heavy atom. The van der Waals surface area contributed by atoms with Gasteiger partial charge in [0.1, 0.15) is 6.61 Å². The summed E-state index contributed by atoms with van der Waals surface area (Å²) in [4.78, 5) is 20.5. The summed E-state index contributed by atoms with van der Waals surface area (Å²) < 4.78 is 5.71. The van der Waals surface area contributed by atoms with Gasteiger partial charge in [-0.05, 0) is 23.6 Å². The lowest BCUT2D eigenvalue weighted by atomic mass is 10.0. The normalized spacial score (nSPS) is 15.2. The molecule has 1 aliphatic rings. The summed E-state index contributed by atoms with van der Waals surface area (Å²) in [5.41, 5.74) is 5.30. The van der Waals surface area contributed by atoms with Gasteiger partial charge in [-0.1, -0.05) is 95.6 Å². The van der Waals surface area contributed by atoms with Crippen LogP contribution in [-0.2, 0) is 27.5 Å². The molecule has 1 unspecified atom stereocenters. The first-order chi connectivity index (χ1) is 15.7. The minimum atomic E-state index is -0.173. The molecule has 0 radical (unpaired) electrons. The second-order valence-corrected chi connectivity index (χ2v) is 8.07. The molecule has 0 aliphatic carbocycles. The molecular weight excluding hydrogens is 400 g/mol. The average Bonchev–Trinajstić information content (AvgIpc) is 3.29. The molecule has 1 aliphatic heterocycles. The highest BCUT2D eigenvalue weighted by atomic mass is 16.6. The van der Waals surface area contributed by atoms with Crippen LogP contribution in [0.5, 0.6) is 0 Å². The topological polar surface area (TPSA) is 51.1 Å². The van der Waals surface area contributed by atoms with E-state index in [4.69, 9.17) is 9.57 Å². The first-order valence-corrected chi connectivity index (χ1v) is 10.9. The highest BCUT2D eigenvalue weighted by Gasteiger charge is 2.27. The Morgan fingerprint density at radius 3 is 2.31 bits per heavy atom. The number of hydrogen-bond acceptors (Lipinski definition) is 4. The summed E-state index contributed by atoms with van der Waals surface area (Å²) in [7, 11) is 0. The van der Waals surface area contributed by atoms with Crippen LogP contribution in [0.15, 0.2) is 90.1 Å². The molecule has 0 N–H and O–H groups in total. The monoisotopic (exact) mass is 428 g/mol. The van der Waals surface area contributed by atoms with Crippen molar-refractivity contribution in [2.24, 2.45) is 5.16 Å². The third-order valence-electron chi connectivity index (χ3n) is 5.45. The number of ether oxygens (including phenoxy) is 1. The number of carbonyl (C=O) groups is 1. The van der Waals surface area contributed by atoms with Crippen molar-refractivity contribution in [2.75, 3.05) is 13.2 Å². The minimum Gasteiger partial charge on any atom is -0.390 e. The number of amides is 1. The maximum Gasteiger partial charge on any atom is 0.249 e. The Hall–Kier alpha value is -3.44. The molecule has 0 spiro atoms. The molecule has 5 heteroatoms. The van der Waals surface area contributed by atoms with Crippen LogP contribution in [0.25, 0.3) is 0 Å². The van der Waals surface area contributed by atoms with Crippen LogP contribution in [0.1, 0.15) is 28.7 Å². The molecule has 0 saturated carbocycles. The number of benzene rings is 3. The van der Waals surface area contributed by atoms with E-state index in [2.05, 4.69) is 36.3 Å². The van der Waals surface area contributed by atoms with E-state index in [-0.39, 0.29) is 18.6 Å². The quantitative estimate of drug-likeness (QED) is 0.495. The van der Waals surface area contributed by atoms with Crippen LogP contribution in [0.2, 0.25) is 0 Å². The zero-order valence-corrected chi connectivity index (χ0v) is 18.3. The molecule has 0 aromatic heterocycles. The molecule has 164 valence electrons. The highest BCUT2D eigenvalue weighted by molar-refractivity contribution is 6.01. The van der Waals surface area contributed by atoms with Gasteiger partial charge in [0.15, 0.2) is 6.10 Å². The molecule has 3 aromatic rings. The van der Waals surface area contributed by atoms with Gasteiger partial charge in [-0.3, -0.25) is 4.79 Å².